The predicted octanol–water partition coefficient (Wildman–Crippen LogP) is 3.99. The topological polar surface area (TPSA) is 73.6 Å². The van der Waals surface area contributed by atoms with Crippen molar-refractivity contribution in [2.75, 3.05) is 6.79 Å². The SMILES string of the molecule is O=c1c2ccccc2nc(C=Cc2ccc3c(c2)OCO3)n1-c1cccc(O)c1. The maximum absolute atomic E-state index is 13.2. The van der Waals surface area contributed by atoms with Crippen LogP contribution in [0.1, 0.15) is 11.4 Å². The highest BCUT2D eigenvalue weighted by Crippen LogP contribution is 2.33. The molecule has 5 rings (SSSR count). The van der Waals surface area contributed by atoms with Crippen molar-refractivity contribution in [2.45, 2.75) is 0 Å². The first kappa shape index (κ1) is 17.1. The lowest BCUT2D eigenvalue weighted by molar-refractivity contribution is 0.174. The minimum atomic E-state index is -0.202. The van der Waals surface area contributed by atoms with Gasteiger partial charge >= 0.3 is 0 Å². The Balaban J connectivity index is 1.68. The van der Waals surface area contributed by atoms with E-state index in [0.29, 0.717) is 33.9 Å². The van der Waals surface area contributed by atoms with E-state index in [1.54, 1.807) is 42.5 Å². The van der Waals surface area contributed by atoms with E-state index in [1.165, 1.54) is 10.6 Å². The molecule has 0 bridgehead atoms. The van der Waals surface area contributed by atoms with Crippen molar-refractivity contribution in [3.05, 3.63) is 88.5 Å². The molecule has 1 aliphatic heterocycles. The maximum Gasteiger partial charge on any atom is 0.266 e. The van der Waals surface area contributed by atoms with E-state index >= 15 is 0 Å². The van der Waals surface area contributed by atoms with Gasteiger partial charge in [-0.3, -0.25) is 9.36 Å². The van der Waals surface area contributed by atoms with Gasteiger partial charge < -0.3 is 14.6 Å². The number of aromatic hydroxyl groups is 1. The molecule has 3 aromatic carbocycles. The lowest BCUT2D eigenvalue weighted by Crippen LogP contribution is -2.22. The van der Waals surface area contributed by atoms with Crippen molar-refractivity contribution >= 4 is 23.1 Å². The molecule has 4 aromatic rings. The summed E-state index contributed by atoms with van der Waals surface area (Å²) >= 11 is 0. The Morgan fingerprint density at radius 1 is 0.931 bits per heavy atom. The molecule has 0 spiro atoms. The summed E-state index contributed by atoms with van der Waals surface area (Å²) in [6.07, 6.45) is 3.63. The first-order chi connectivity index (χ1) is 14.2. The average molecular weight is 384 g/mol. The Kier molecular flexibility index (Phi) is 4.02. The molecule has 0 atom stereocenters. The van der Waals surface area contributed by atoms with Gasteiger partial charge in [-0.1, -0.05) is 30.3 Å². The summed E-state index contributed by atoms with van der Waals surface area (Å²) in [7, 11) is 0. The molecule has 1 aliphatic rings. The summed E-state index contributed by atoms with van der Waals surface area (Å²) in [6.45, 7) is 0.214. The molecule has 0 unspecified atom stereocenters. The van der Waals surface area contributed by atoms with Crippen molar-refractivity contribution in [1.82, 2.24) is 9.55 Å². The number of phenolic OH excluding ortho intramolecular Hbond substituents is 1. The molecular formula is C23H16N2O4. The molecule has 6 nitrogen and oxygen atoms in total. The van der Waals surface area contributed by atoms with Crippen molar-refractivity contribution < 1.29 is 14.6 Å². The number of rotatable bonds is 3. The van der Waals surface area contributed by atoms with E-state index in [0.717, 1.165) is 5.56 Å². The monoisotopic (exact) mass is 384 g/mol. The Hall–Kier alpha value is -4.06. The highest BCUT2D eigenvalue weighted by Gasteiger charge is 2.13. The van der Waals surface area contributed by atoms with Crippen molar-refractivity contribution in [1.29, 1.82) is 0 Å². The van der Waals surface area contributed by atoms with Gasteiger partial charge in [0, 0.05) is 6.07 Å². The molecule has 0 aliphatic carbocycles. The fourth-order valence-electron chi connectivity index (χ4n) is 3.33. The molecule has 142 valence electrons. The molecule has 2 heterocycles. The number of ether oxygens (including phenoxy) is 2. The molecule has 1 N–H and O–H groups in total. The minimum absolute atomic E-state index is 0.0771. The number of hydrogen-bond donors (Lipinski definition) is 1. The second-order valence-electron chi connectivity index (χ2n) is 6.59. The summed E-state index contributed by atoms with van der Waals surface area (Å²) < 4.78 is 12.3. The zero-order valence-corrected chi connectivity index (χ0v) is 15.3. The number of aromatic nitrogens is 2. The lowest BCUT2D eigenvalue weighted by atomic mass is 10.1. The summed E-state index contributed by atoms with van der Waals surface area (Å²) in [5, 5.41) is 10.4. The van der Waals surface area contributed by atoms with Crippen molar-refractivity contribution in [3.8, 4) is 22.9 Å². The van der Waals surface area contributed by atoms with Gasteiger partial charge in [0.1, 0.15) is 11.6 Å². The van der Waals surface area contributed by atoms with Gasteiger partial charge in [0.15, 0.2) is 11.5 Å². The van der Waals surface area contributed by atoms with Crippen molar-refractivity contribution in [3.63, 3.8) is 0 Å². The summed E-state index contributed by atoms with van der Waals surface area (Å²) in [5.74, 6) is 1.93. The molecule has 0 amide bonds. The Morgan fingerprint density at radius 3 is 2.69 bits per heavy atom. The molecular weight excluding hydrogens is 368 g/mol. The summed E-state index contributed by atoms with van der Waals surface area (Å²) in [6, 6.07) is 19.4. The number of nitrogens with zero attached hydrogens (tertiary/aromatic N) is 2. The fraction of sp³-hybridized carbons (Fsp3) is 0.0435. The van der Waals surface area contributed by atoms with E-state index in [9.17, 15) is 9.90 Å². The van der Waals surface area contributed by atoms with E-state index in [4.69, 9.17) is 9.47 Å². The van der Waals surface area contributed by atoms with Crippen LogP contribution in [0.5, 0.6) is 17.2 Å². The van der Waals surface area contributed by atoms with Crippen LogP contribution in [0.15, 0.2) is 71.5 Å². The van der Waals surface area contributed by atoms with Gasteiger partial charge in [0.05, 0.1) is 16.6 Å². The molecule has 1 aromatic heterocycles. The Bertz CT molecular complexity index is 1320. The standard InChI is InChI=1S/C23H16N2O4/c26-17-5-3-4-16(13-17)25-22(24-19-7-2-1-6-18(19)23(25)27)11-9-15-8-10-20-21(12-15)29-14-28-20/h1-13,26H,14H2. The Morgan fingerprint density at radius 2 is 1.79 bits per heavy atom. The normalized spacial score (nSPS) is 12.7. The molecule has 0 fully saturated rings. The Labute approximate surface area is 165 Å². The highest BCUT2D eigenvalue weighted by molar-refractivity contribution is 5.80. The van der Waals surface area contributed by atoms with E-state index in [-0.39, 0.29) is 18.1 Å². The molecule has 29 heavy (non-hydrogen) atoms. The van der Waals surface area contributed by atoms with Gasteiger partial charge in [-0.2, -0.15) is 0 Å². The number of fused-ring (bicyclic) bond motifs is 2. The summed E-state index contributed by atoms with van der Waals surface area (Å²) in [4.78, 5) is 17.9. The first-order valence-corrected chi connectivity index (χ1v) is 9.08. The zero-order chi connectivity index (χ0) is 19.8. The average Bonchev–Trinajstić information content (AvgIpc) is 3.20. The maximum atomic E-state index is 13.2. The zero-order valence-electron chi connectivity index (χ0n) is 15.3. The number of phenols is 1. The fourth-order valence-corrected chi connectivity index (χ4v) is 3.33. The summed E-state index contributed by atoms with van der Waals surface area (Å²) in [5.41, 5.74) is 1.84. The van der Waals surface area contributed by atoms with Gasteiger partial charge in [-0.05, 0) is 48.0 Å². The number of hydrogen-bond acceptors (Lipinski definition) is 5. The van der Waals surface area contributed by atoms with Gasteiger partial charge in [-0.15, -0.1) is 0 Å². The van der Waals surface area contributed by atoms with Crippen LogP contribution in [0.25, 0.3) is 28.7 Å². The van der Waals surface area contributed by atoms with Crippen LogP contribution in [0, 0.1) is 0 Å². The lowest BCUT2D eigenvalue weighted by Gasteiger charge is -2.11. The van der Waals surface area contributed by atoms with Crippen LogP contribution in [0.3, 0.4) is 0 Å². The number of benzene rings is 3. The largest absolute Gasteiger partial charge is 0.508 e. The third-order valence-electron chi connectivity index (χ3n) is 4.71. The van der Waals surface area contributed by atoms with Gasteiger partial charge in [-0.25, -0.2) is 4.98 Å². The smallest absolute Gasteiger partial charge is 0.266 e. The van der Waals surface area contributed by atoms with Crippen LogP contribution in [-0.2, 0) is 0 Å². The second-order valence-corrected chi connectivity index (χ2v) is 6.59. The van der Waals surface area contributed by atoms with Crippen LogP contribution in [-0.4, -0.2) is 21.5 Å². The molecule has 0 saturated carbocycles. The van der Waals surface area contributed by atoms with Crippen LogP contribution >= 0.6 is 0 Å². The van der Waals surface area contributed by atoms with Crippen LogP contribution in [0.4, 0.5) is 0 Å². The molecule has 6 heteroatoms. The number of para-hydroxylation sites is 1. The van der Waals surface area contributed by atoms with Crippen LogP contribution < -0.4 is 15.0 Å². The third kappa shape index (κ3) is 3.10. The van der Waals surface area contributed by atoms with E-state index < -0.39 is 0 Å². The first-order valence-electron chi connectivity index (χ1n) is 9.08. The van der Waals surface area contributed by atoms with Crippen LogP contribution in [0.2, 0.25) is 0 Å². The molecule has 0 saturated heterocycles. The van der Waals surface area contributed by atoms with Gasteiger partial charge in [0.2, 0.25) is 6.79 Å². The third-order valence-corrected chi connectivity index (χ3v) is 4.71. The highest BCUT2D eigenvalue weighted by atomic mass is 16.7. The predicted molar refractivity (Wildman–Crippen MR) is 110 cm³/mol. The van der Waals surface area contributed by atoms with Crippen molar-refractivity contribution in [2.24, 2.45) is 0 Å². The van der Waals surface area contributed by atoms with Gasteiger partial charge in [0.25, 0.3) is 5.56 Å². The molecule has 0 radical (unpaired) electrons. The minimum Gasteiger partial charge on any atom is -0.508 e. The quantitative estimate of drug-likeness (QED) is 0.578. The van der Waals surface area contributed by atoms with E-state index in [1.807, 2.05) is 30.3 Å². The second kappa shape index (κ2) is 6.83. The van der Waals surface area contributed by atoms with E-state index in [2.05, 4.69) is 4.98 Å².